The lowest BCUT2D eigenvalue weighted by atomic mass is 10.4. The second-order valence-corrected chi connectivity index (χ2v) is 7.73. The first-order valence-corrected chi connectivity index (χ1v) is 9.40. The van der Waals surface area contributed by atoms with Gasteiger partial charge in [-0.15, -0.1) is 21.5 Å². The first-order valence-electron chi connectivity index (χ1n) is 6.66. The Bertz CT molecular complexity index is 892. The summed E-state index contributed by atoms with van der Waals surface area (Å²) in [6.45, 7) is 0.154. The van der Waals surface area contributed by atoms with Gasteiger partial charge in [-0.25, -0.2) is 13.1 Å². The van der Waals surface area contributed by atoms with Crippen molar-refractivity contribution in [2.75, 3.05) is 6.54 Å². The maximum atomic E-state index is 12.1. The molecule has 120 valence electrons. The topological polar surface area (TPSA) is 85.1 Å². The summed E-state index contributed by atoms with van der Waals surface area (Å²) < 4.78 is 32.2. The predicted octanol–water partition coefficient (Wildman–Crippen LogP) is 2.97. The second-order valence-electron chi connectivity index (χ2n) is 4.58. The van der Waals surface area contributed by atoms with Gasteiger partial charge in [0.15, 0.2) is 0 Å². The minimum absolute atomic E-state index is 0.120. The lowest BCUT2D eigenvalue weighted by Gasteiger charge is -2.05. The van der Waals surface area contributed by atoms with Crippen LogP contribution in [0.25, 0.3) is 10.8 Å². The van der Waals surface area contributed by atoms with Crippen LogP contribution in [0.15, 0.2) is 51.1 Å². The summed E-state index contributed by atoms with van der Waals surface area (Å²) in [6.07, 6.45) is 0.304. The monoisotopic (exact) mass is 369 g/mol. The smallest absolute Gasteiger partial charge is 0.257 e. The summed E-state index contributed by atoms with van der Waals surface area (Å²) in [5.41, 5.74) is 0. The molecule has 3 aromatic rings. The molecule has 9 heteroatoms. The number of aromatic nitrogens is 2. The summed E-state index contributed by atoms with van der Waals surface area (Å²) in [7, 11) is -3.61. The first kappa shape index (κ1) is 16.1. The van der Waals surface area contributed by atoms with Crippen LogP contribution in [0.5, 0.6) is 0 Å². The zero-order valence-electron chi connectivity index (χ0n) is 11.8. The van der Waals surface area contributed by atoms with Gasteiger partial charge < -0.3 is 4.42 Å². The number of benzene rings is 1. The summed E-state index contributed by atoms with van der Waals surface area (Å²) in [6, 6.07) is 9.85. The van der Waals surface area contributed by atoms with E-state index in [-0.39, 0.29) is 11.4 Å². The van der Waals surface area contributed by atoms with E-state index in [0.717, 1.165) is 4.88 Å². The standard InChI is InChI=1S/C14H12ClN3O3S2/c15-10-3-1-4-11(9-10)23(19,20)16-7-6-13-17-18-14(21-13)12-5-2-8-22-12/h1-5,8-9,16H,6-7H2. The fourth-order valence-electron chi connectivity index (χ4n) is 1.86. The number of sulfonamides is 1. The SMILES string of the molecule is O=S(=O)(NCCc1nnc(-c2cccs2)o1)c1cccc(Cl)c1. The van der Waals surface area contributed by atoms with E-state index in [4.69, 9.17) is 16.0 Å². The Morgan fingerprint density at radius 3 is 2.83 bits per heavy atom. The van der Waals surface area contributed by atoms with Gasteiger partial charge >= 0.3 is 0 Å². The van der Waals surface area contributed by atoms with Gasteiger partial charge in [-0.3, -0.25) is 0 Å². The number of halogens is 1. The van der Waals surface area contributed by atoms with Gasteiger partial charge in [0.2, 0.25) is 15.9 Å². The number of nitrogens with zero attached hydrogens (tertiary/aromatic N) is 2. The molecule has 0 saturated carbocycles. The van der Waals surface area contributed by atoms with E-state index in [0.29, 0.717) is 23.2 Å². The van der Waals surface area contributed by atoms with Crippen molar-refractivity contribution in [2.45, 2.75) is 11.3 Å². The number of hydrogen-bond acceptors (Lipinski definition) is 6. The molecule has 1 N–H and O–H groups in total. The molecule has 0 bridgehead atoms. The summed E-state index contributed by atoms with van der Waals surface area (Å²) in [4.78, 5) is 0.998. The van der Waals surface area contributed by atoms with Crippen LogP contribution in [-0.2, 0) is 16.4 Å². The Hall–Kier alpha value is -1.74. The molecule has 0 aliphatic heterocycles. The average Bonchev–Trinajstić information content (AvgIpc) is 3.18. The van der Waals surface area contributed by atoms with Crippen molar-refractivity contribution < 1.29 is 12.8 Å². The molecule has 0 radical (unpaired) electrons. The predicted molar refractivity (Wildman–Crippen MR) is 88.0 cm³/mol. The molecule has 0 aliphatic rings. The zero-order valence-corrected chi connectivity index (χ0v) is 14.2. The Morgan fingerprint density at radius 2 is 2.09 bits per heavy atom. The lowest BCUT2D eigenvalue weighted by molar-refractivity contribution is 0.503. The van der Waals surface area contributed by atoms with Gasteiger partial charge in [0.25, 0.3) is 5.89 Å². The highest BCUT2D eigenvalue weighted by molar-refractivity contribution is 7.89. The highest BCUT2D eigenvalue weighted by Crippen LogP contribution is 2.23. The normalized spacial score (nSPS) is 11.7. The van der Waals surface area contributed by atoms with Crippen molar-refractivity contribution in [2.24, 2.45) is 0 Å². The molecular weight excluding hydrogens is 358 g/mol. The third-order valence-corrected chi connectivity index (χ3v) is 5.49. The van der Waals surface area contributed by atoms with E-state index in [1.54, 1.807) is 12.1 Å². The molecule has 1 aromatic carbocycles. The van der Waals surface area contributed by atoms with Gasteiger partial charge in [0, 0.05) is 18.0 Å². The van der Waals surface area contributed by atoms with Gasteiger partial charge in [0.1, 0.15) is 0 Å². The summed E-state index contributed by atoms with van der Waals surface area (Å²) >= 11 is 7.30. The third kappa shape index (κ3) is 3.97. The van der Waals surface area contributed by atoms with Crippen LogP contribution in [0.1, 0.15) is 5.89 Å². The van der Waals surface area contributed by atoms with E-state index in [1.807, 2.05) is 17.5 Å². The van der Waals surface area contributed by atoms with Gasteiger partial charge in [-0.2, -0.15) is 0 Å². The molecule has 0 atom stereocenters. The zero-order chi connectivity index (χ0) is 16.3. The van der Waals surface area contributed by atoms with Crippen LogP contribution < -0.4 is 4.72 Å². The molecule has 2 aromatic heterocycles. The van der Waals surface area contributed by atoms with Crippen LogP contribution in [0.3, 0.4) is 0 Å². The summed E-state index contributed by atoms with van der Waals surface area (Å²) in [5, 5.41) is 10.1. The number of hydrogen-bond donors (Lipinski definition) is 1. The fourth-order valence-corrected chi connectivity index (χ4v) is 3.84. The summed E-state index contributed by atoms with van der Waals surface area (Å²) in [5.74, 6) is 0.815. The quantitative estimate of drug-likeness (QED) is 0.722. The van der Waals surface area contributed by atoms with Crippen molar-refractivity contribution in [1.29, 1.82) is 0 Å². The Morgan fingerprint density at radius 1 is 1.22 bits per heavy atom. The molecule has 0 saturated heterocycles. The van der Waals surface area contributed by atoms with Crippen molar-refractivity contribution in [3.63, 3.8) is 0 Å². The Labute approximate surface area is 142 Å². The fraction of sp³-hybridized carbons (Fsp3) is 0.143. The minimum Gasteiger partial charge on any atom is -0.420 e. The molecule has 0 spiro atoms. The van der Waals surface area contributed by atoms with Gasteiger partial charge in [-0.05, 0) is 29.6 Å². The number of nitrogens with one attached hydrogen (secondary N) is 1. The van der Waals surface area contributed by atoms with Crippen LogP contribution in [0, 0.1) is 0 Å². The molecule has 0 aliphatic carbocycles. The third-order valence-electron chi connectivity index (χ3n) is 2.94. The van der Waals surface area contributed by atoms with Crippen LogP contribution in [0.2, 0.25) is 5.02 Å². The largest absolute Gasteiger partial charge is 0.420 e. The molecule has 0 unspecified atom stereocenters. The molecule has 23 heavy (non-hydrogen) atoms. The number of thiophene rings is 1. The Balaban J connectivity index is 1.61. The first-order chi connectivity index (χ1) is 11.0. The van der Waals surface area contributed by atoms with E-state index in [1.165, 1.54) is 23.5 Å². The molecule has 6 nitrogen and oxygen atoms in total. The minimum atomic E-state index is -3.61. The van der Waals surface area contributed by atoms with Crippen LogP contribution >= 0.6 is 22.9 Å². The second kappa shape index (κ2) is 6.79. The molecule has 3 rings (SSSR count). The lowest BCUT2D eigenvalue weighted by Crippen LogP contribution is -2.26. The molecule has 0 amide bonds. The van der Waals surface area contributed by atoms with Crippen LogP contribution in [0.4, 0.5) is 0 Å². The van der Waals surface area contributed by atoms with Gasteiger partial charge in [0.05, 0.1) is 9.77 Å². The number of rotatable bonds is 6. The highest BCUT2D eigenvalue weighted by atomic mass is 35.5. The molecular formula is C14H12ClN3O3S2. The maximum absolute atomic E-state index is 12.1. The maximum Gasteiger partial charge on any atom is 0.257 e. The molecule has 2 heterocycles. The molecule has 0 fully saturated rings. The van der Waals surface area contributed by atoms with E-state index < -0.39 is 10.0 Å². The highest BCUT2D eigenvalue weighted by Gasteiger charge is 2.15. The van der Waals surface area contributed by atoms with Gasteiger partial charge in [-0.1, -0.05) is 23.7 Å². The average molecular weight is 370 g/mol. The Kier molecular flexibility index (Phi) is 4.76. The van der Waals surface area contributed by atoms with Crippen molar-refractivity contribution in [1.82, 2.24) is 14.9 Å². The van der Waals surface area contributed by atoms with Crippen molar-refractivity contribution in [3.8, 4) is 10.8 Å². The van der Waals surface area contributed by atoms with Crippen LogP contribution in [-0.4, -0.2) is 25.2 Å². The van der Waals surface area contributed by atoms with E-state index in [2.05, 4.69) is 14.9 Å². The van der Waals surface area contributed by atoms with E-state index in [9.17, 15) is 8.42 Å². The van der Waals surface area contributed by atoms with Crippen molar-refractivity contribution in [3.05, 3.63) is 52.7 Å². The van der Waals surface area contributed by atoms with Crippen molar-refractivity contribution >= 4 is 33.0 Å². The van der Waals surface area contributed by atoms with E-state index >= 15 is 0 Å².